The second kappa shape index (κ2) is 8.18. The first-order valence-electron chi connectivity index (χ1n) is 10.1. The third kappa shape index (κ3) is 3.78. The van der Waals surface area contributed by atoms with Crippen LogP contribution in [0.5, 0.6) is 0 Å². The van der Waals surface area contributed by atoms with E-state index in [2.05, 4.69) is 97.1 Å². The molecule has 0 unspecified atom stereocenters. The van der Waals surface area contributed by atoms with Gasteiger partial charge in [-0.1, -0.05) is 91.0 Å². The van der Waals surface area contributed by atoms with Crippen molar-refractivity contribution in [3.05, 3.63) is 127 Å². The molecular weight excluding hydrogens is 364 g/mol. The smallest absolute Gasteiger partial charge is 0.207 e. The molecule has 0 aliphatic rings. The lowest BCUT2D eigenvalue weighted by atomic mass is 10.00. The average molecular weight is 385 g/mol. The van der Waals surface area contributed by atoms with Crippen molar-refractivity contribution in [2.75, 3.05) is 0 Å². The van der Waals surface area contributed by atoms with Crippen molar-refractivity contribution in [1.29, 1.82) is 0 Å². The maximum Gasteiger partial charge on any atom is 0.361 e. The molecule has 0 saturated heterocycles. The lowest BCUT2D eigenvalue weighted by Crippen LogP contribution is -1.86. The average Bonchev–Trinajstić information content (AvgIpc) is 2.85. The molecule has 142 valence electrons. The highest BCUT2D eigenvalue weighted by molar-refractivity contribution is 5.75. The molecule has 0 spiro atoms. The van der Waals surface area contributed by atoms with Gasteiger partial charge in [-0.05, 0) is 41.0 Å². The molecule has 0 atom stereocenters. The maximum absolute atomic E-state index is 6.36. The first-order chi connectivity index (χ1) is 14.9. The molecular formula is C29H21O+. The Balaban J connectivity index is 1.60. The standard InChI is InChI=1S/C29H21O/c1-4-10-22(11-5-1)24-16-18-26(19-17-24)29-21-27(23-12-6-2-7-13-23)20-28(30-29)25-14-8-3-9-15-25/h1-21H/q+1. The molecule has 0 aliphatic heterocycles. The Kier molecular flexibility index (Phi) is 4.93. The van der Waals surface area contributed by atoms with E-state index in [-0.39, 0.29) is 0 Å². The summed E-state index contributed by atoms with van der Waals surface area (Å²) in [5.41, 5.74) is 6.85. The molecule has 5 aromatic rings. The van der Waals surface area contributed by atoms with Gasteiger partial charge in [-0.3, -0.25) is 0 Å². The summed E-state index contributed by atoms with van der Waals surface area (Å²) in [5, 5.41) is 0. The van der Waals surface area contributed by atoms with Crippen molar-refractivity contribution >= 4 is 0 Å². The number of benzene rings is 4. The third-order valence-electron chi connectivity index (χ3n) is 5.24. The van der Waals surface area contributed by atoms with Crippen LogP contribution in [0.15, 0.2) is 132 Å². The van der Waals surface area contributed by atoms with Crippen LogP contribution in [0, 0.1) is 0 Å². The summed E-state index contributed by atoms with van der Waals surface area (Å²) in [7, 11) is 0. The van der Waals surface area contributed by atoms with Crippen molar-refractivity contribution in [2.24, 2.45) is 0 Å². The highest BCUT2D eigenvalue weighted by atomic mass is 16.3. The lowest BCUT2D eigenvalue weighted by molar-refractivity contribution is 0.582. The Bertz CT molecular complexity index is 1180. The fourth-order valence-electron chi connectivity index (χ4n) is 3.64. The summed E-state index contributed by atoms with van der Waals surface area (Å²) in [6.45, 7) is 0. The first-order valence-corrected chi connectivity index (χ1v) is 10.1. The Morgan fingerprint density at radius 3 is 1.13 bits per heavy atom. The minimum atomic E-state index is 0.856. The zero-order valence-electron chi connectivity index (χ0n) is 16.5. The molecule has 4 aromatic carbocycles. The molecule has 0 fully saturated rings. The SMILES string of the molecule is c1ccc(-c2ccc(-c3cc(-c4ccccc4)cc(-c4ccccc4)[o+]3)cc2)cc1. The molecule has 0 bridgehead atoms. The van der Waals surface area contributed by atoms with E-state index in [1.54, 1.807) is 0 Å². The molecule has 1 nitrogen and oxygen atoms in total. The van der Waals surface area contributed by atoms with E-state index in [9.17, 15) is 0 Å². The summed E-state index contributed by atoms with van der Waals surface area (Å²) in [6.07, 6.45) is 0. The Morgan fingerprint density at radius 1 is 0.300 bits per heavy atom. The first kappa shape index (κ1) is 18.1. The lowest BCUT2D eigenvalue weighted by Gasteiger charge is -2.04. The fourth-order valence-corrected chi connectivity index (χ4v) is 3.64. The van der Waals surface area contributed by atoms with Gasteiger partial charge in [-0.15, -0.1) is 0 Å². The zero-order chi connectivity index (χ0) is 20.2. The van der Waals surface area contributed by atoms with E-state index < -0.39 is 0 Å². The molecule has 1 aromatic heterocycles. The largest absolute Gasteiger partial charge is 0.361 e. The van der Waals surface area contributed by atoms with Gasteiger partial charge in [0.1, 0.15) is 0 Å². The highest BCUT2D eigenvalue weighted by Crippen LogP contribution is 2.33. The topological polar surface area (TPSA) is 11.3 Å². The van der Waals surface area contributed by atoms with Crippen LogP contribution in [0.4, 0.5) is 0 Å². The van der Waals surface area contributed by atoms with Crippen LogP contribution in [0.2, 0.25) is 0 Å². The molecule has 1 heteroatoms. The van der Waals surface area contributed by atoms with Crippen LogP contribution in [0.25, 0.3) is 44.9 Å². The highest BCUT2D eigenvalue weighted by Gasteiger charge is 2.20. The normalized spacial score (nSPS) is 10.7. The van der Waals surface area contributed by atoms with Crippen LogP contribution < -0.4 is 0 Å². The molecule has 0 aliphatic carbocycles. The molecule has 1 heterocycles. The predicted octanol–water partition coefficient (Wildman–Crippen LogP) is 8.23. The predicted molar refractivity (Wildman–Crippen MR) is 125 cm³/mol. The van der Waals surface area contributed by atoms with Gasteiger partial charge in [0.2, 0.25) is 0 Å². The summed E-state index contributed by atoms with van der Waals surface area (Å²) < 4.78 is 6.36. The minimum Gasteiger partial charge on any atom is -0.207 e. The van der Waals surface area contributed by atoms with Crippen LogP contribution in [0.1, 0.15) is 0 Å². The Morgan fingerprint density at radius 2 is 0.633 bits per heavy atom. The van der Waals surface area contributed by atoms with Crippen molar-refractivity contribution in [2.45, 2.75) is 0 Å². The minimum absolute atomic E-state index is 0.856. The van der Waals surface area contributed by atoms with E-state index in [4.69, 9.17) is 4.42 Å². The van der Waals surface area contributed by atoms with Crippen molar-refractivity contribution < 1.29 is 4.42 Å². The summed E-state index contributed by atoms with van der Waals surface area (Å²) in [5.74, 6) is 1.72. The van der Waals surface area contributed by atoms with E-state index in [0.29, 0.717) is 0 Å². The second-order valence-electron chi connectivity index (χ2n) is 7.25. The molecule has 0 saturated carbocycles. The maximum atomic E-state index is 6.36. The van der Waals surface area contributed by atoms with Gasteiger partial charge in [0.05, 0.1) is 23.3 Å². The molecule has 30 heavy (non-hydrogen) atoms. The van der Waals surface area contributed by atoms with Crippen molar-refractivity contribution in [1.82, 2.24) is 0 Å². The van der Waals surface area contributed by atoms with Crippen LogP contribution in [0.3, 0.4) is 0 Å². The summed E-state index contributed by atoms with van der Waals surface area (Å²) >= 11 is 0. The van der Waals surface area contributed by atoms with E-state index in [1.807, 2.05) is 30.3 Å². The summed E-state index contributed by atoms with van der Waals surface area (Å²) in [6, 6.07) is 43.9. The number of rotatable bonds is 4. The van der Waals surface area contributed by atoms with Gasteiger partial charge in [0.15, 0.2) is 0 Å². The van der Waals surface area contributed by atoms with E-state index in [0.717, 1.165) is 28.2 Å². The molecule has 0 N–H and O–H groups in total. The number of hydrogen-bond acceptors (Lipinski definition) is 0. The van der Waals surface area contributed by atoms with Crippen LogP contribution in [-0.2, 0) is 0 Å². The van der Waals surface area contributed by atoms with Crippen LogP contribution >= 0.6 is 0 Å². The van der Waals surface area contributed by atoms with Gasteiger partial charge in [-0.2, -0.15) is 0 Å². The summed E-state index contributed by atoms with van der Waals surface area (Å²) in [4.78, 5) is 0. The van der Waals surface area contributed by atoms with Gasteiger partial charge in [0.25, 0.3) is 0 Å². The molecule has 0 radical (unpaired) electrons. The van der Waals surface area contributed by atoms with Crippen LogP contribution in [-0.4, -0.2) is 0 Å². The number of hydrogen-bond donors (Lipinski definition) is 0. The zero-order valence-corrected chi connectivity index (χ0v) is 16.5. The quantitative estimate of drug-likeness (QED) is 0.284. The van der Waals surface area contributed by atoms with Gasteiger partial charge in [-0.25, -0.2) is 4.42 Å². The Hall–Kier alpha value is -3.97. The van der Waals surface area contributed by atoms with Crippen molar-refractivity contribution in [3.8, 4) is 44.9 Å². The van der Waals surface area contributed by atoms with Gasteiger partial charge >= 0.3 is 11.5 Å². The van der Waals surface area contributed by atoms with Crippen molar-refractivity contribution in [3.63, 3.8) is 0 Å². The molecule has 0 amide bonds. The molecule has 5 rings (SSSR count). The van der Waals surface area contributed by atoms with Gasteiger partial charge < -0.3 is 0 Å². The fraction of sp³-hybridized carbons (Fsp3) is 0. The van der Waals surface area contributed by atoms with E-state index >= 15 is 0 Å². The monoisotopic (exact) mass is 385 g/mol. The third-order valence-corrected chi connectivity index (χ3v) is 5.24. The second-order valence-corrected chi connectivity index (χ2v) is 7.25. The van der Waals surface area contributed by atoms with E-state index in [1.165, 1.54) is 16.7 Å². The Labute approximate surface area is 176 Å². The van der Waals surface area contributed by atoms with Gasteiger partial charge in [0, 0.05) is 5.56 Å².